The molecule has 0 aliphatic carbocycles. The number of aromatic amines is 1. The first-order valence-electron chi connectivity index (χ1n) is 6.39. The van der Waals surface area contributed by atoms with E-state index in [2.05, 4.69) is 15.3 Å². The molecule has 0 atom stereocenters. The van der Waals surface area contributed by atoms with E-state index < -0.39 is 5.91 Å². The number of imidazole rings is 1. The molecule has 0 unspecified atom stereocenters. The molecule has 5 N–H and O–H groups in total. The zero-order valence-electron chi connectivity index (χ0n) is 11.3. The number of aryl methyl sites for hydroxylation is 1. The van der Waals surface area contributed by atoms with Gasteiger partial charge in [0.25, 0.3) is 5.91 Å². The number of aromatic hydroxyl groups is 1. The van der Waals surface area contributed by atoms with Crippen LogP contribution in [-0.4, -0.2) is 21.0 Å². The number of amides is 1. The molecule has 0 aliphatic rings. The fourth-order valence-corrected chi connectivity index (χ4v) is 2.09. The van der Waals surface area contributed by atoms with Crippen LogP contribution in [0, 0.1) is 6.92 Å². The van der Waals surface area contributed by atoms with Crippen LogP contribution in [0.5, 0.6) is 5.75 Å². The first kappa shape index (κ1) is 13.0. The number of fused-ring (bicyclic) bond motifs is 1. The Morgan fingerprint density at radius 2 is 2.10 bits per heavy atom. The highest BCUT2D eigenvalue weighted by Gasteiger charge is 2.13. The van der Waals surface area contributed by atoms with E-state index in [0.717, 1.165) is 16.6 Å². The molecule has 2 aromatic carbocycles. The number of hydrogen-bond donors (Lipinski definition) is 4. The van der Waals surface area contributed by atoms with Gasteiger partial charge in [-0.2, -0.15) is 0 Å². The van der Waals surface area contributed by atoms with Crippen molar-refractivity contribution >= 4 is 28.6 Å². The molecule has 1 aromatic heterocycles. The second-order valence-electron chi connectivity index (χ2n) is 4.84. The molecule has 1 heterocycles. The van der Waals surface area contributed by atoms with E-state index in [9.17, 15) is 9.90 Å². The molecule has 0 saturated heterocycles. The number of nitrogen functional groups attached to an aromatic ring is 1. The summed E-state index contributed by atoms with van der Waals surface area (Å²) >= 11 is 0. The van der Waals surface area contributed by atoms with Crippen molar-refractivity contribution in [2.24, 2.45) is 0 Å². The fourth-order valence-electron chi connectivity index (χ4n) is 2.09. The Morgan fingerprint density at radius 3 is 2.90 bits per heavy atom. The van der Waals surface area contributed by atoms with Crippen LogP contribution in [0.15, 0.2) is 36.4 Å². The van der Waals surface area contributed by atoms with Crippen LogP contribution < -0.4 is 11.1 Å². The SMILES string of the molecule is Cc1ccc2nc(NC(=O)c3cc(N)ccc3O)[nH]c2c1. The smallest absolute Gasteiger partial charge is 0.261 e. The van der Waals surface area contributed by atoms with Crippen LogP contribution in [0.3, 0.4) is 0 Å². The van der Waals surface area contributed by atoms with Gasteiger partial charge in [0, 0.05) is 5.69 Å². The van der Waals surface area contributed by atoms with E-state index in [-0.39, 0.29) is 11.3 Å². The monoisotopic (exact) mass is 282 g/mol. The lowest BCUT2D eigenvalue weighted by Crippen LogP contribution is -2.13. The molecule has 0 aliphatic heterocycles. The predicted octanol–water partition coefficient (Wildman–Crippen LogP) is 2.41. The standard InChI is InChI=1S/C15H14N4O2/c1-8-2-4-11-12(6-8)18-15(17-11)19-14(21)10-7-9(16)3-5-13(10)20/h2-7,20H,16H2,1H3,(H2,17,18,19,21). The minimum atomic E-state index is -0.476. The van der Waals surface area contributed by atoms with Gasteiger partial charge in [0.1, 0.15) is 5.75 Å². The van der Waals surface area contributed by atoms with Crippen molar-refractivity contribution in [2.75, 3.05) is 11.1 Å². The Kier molecular flexibility index (Phi) is 2.98. The third-order valence-corrected chi connectivity index (χ3v) is 3.13. The summed E-state index contributed by atoms with van der Waals surface area (Å²) in [4.78, 5) is 19.4. The molecule has 0 spiro atoms. The highest BCUT2D eigenvalue weighted by Crippen LogP contribution is 2.21. The lowest BCUT2D eigenvalue weighted by Gasteiger charge is -2.05. The number of rotatable bonds is 2. The number of nitrogens with one attached hydrogen (secondary N) is 2. The van der Waals surface area contributed by atoms with Gasteiger partial charge >= 0.3 is 0 Å². The second kappa shape index (κ2) is 4.82. The van der Waals surface area contributed by atoms with Gasteiger partial charge in [-0.3, -0.25) is 10.1 Å². The third-order valence-electron chi connectivity index (χ3n) is 3.13. The molecular formula is C15H14N4O2. The van der Waals surface area contributed by atoms with Crippen molar-refractivity contribution in [3.8, 4) is 5.75 Å². The number of carbonyl (C=O) groups excluding carboxylic acids is 1. The number of anilines is 2. The van der Waals surface area contributed by atoms with E-state index in [1.54, 1.807) is 0 Å². The maximum Gasteiger partial charge on any atom is 0.261 e. The molecular weight excluding hydrogens is 268 g/mol. The Hall–Kier alpha value is -3.02. The number of carbonyl (C=O) groups is 1. The van der Waals surface area contributed by atoms with Crippen molar-refractivity contribution in [3.63, 3.8) is 0 Å². The molecule has 3 rings (SSSR count). The fraction of sp³-hybridized carbons (Fsp3) is 0.0667. The van der Waals surface area contributed by atoms with Gasteiger partial charge in [-0.15, -0.1) is 0 Å². The highest BCUT2D eigenvalue weighted by atomic mass is 16.3. The first-order valence-corrected chi connectivity index (χ1v) is 6.39. The Bertz CT molecular complexity index is 839. The minimum absolute atomic E-state index is 0.103. The number of nitrogens with zero attached hydrogens (tertiary/aromatic N) is 1. The summed E-state index contributed by atoms with van der Waals surface area (Å²) in [6.45, 7) is 1.98. The van der Waals surface area contributed by atoms with Gasteiger partial charge in [0.05, 0.1) is 16.6 Å². The summed E-state index contributed by atoms with van der Waals surface area (Å²) in [5, 5.41) is 12.3. The highest BCUT2D eigenvalue weighted by molar-refractivity contribution is 6.06. The predicted molar refractivity (Wildman–Crippen MR) is 81.3 cm³/mol. The number of phenolic OH excluding ortho intramolecular Hbond substituents is 1. The largest absolute Gasteiger partial charge is 0.507 e. The van der Waals surface area contributed by atoms with E-state index in [1.165, 1.54) is 18.2 Å². The number of hydrogen-bond acceptors (Lipinski definition) is 4. The molecule has 0 bridgehead atoms. The molecule has 0 fully saturated rings. The van der Waals surface area contributed by atoms with Crippen LogP contribution in [0.25, 0.3) is 11.0 Å². The third kappa shape index (κ3) is 2.51. The molecule has 6 heteroatoms. The number of H-pyrrole nitrogens is 1. The van der Waals surface area contributed by atoms with E-state index in [4.69, 9.17) is 5.73 Å². The normalized spacial score (nSPS) is 10.7. The summed E-state index contributed by atoms with van der Waals surface area (Å²) in [6, 6.07) is 10.1. The molecule has 6 nitrogen and oxygen atoms in total. The first-order chi connectivity index (χ1) is 10.0. The summed E-state index contributed by atoms with van der Waals surface area (Å²) in [5.74, 6) is -0.286. The maximum absolute atomic E-state index is 12.1. The van der Waals surface area contributed by atoms with Gasteiger partial charge in [0.15, 0.2) is 0 Å². The molecule has 1 amide bonds. The van der Waals surface area contributed by atoms with E-state index >= 15 is 0 Å². The lowest BCUT2D eigenvalue weighted by molar-refractivity contribution is 0.102. The Morgan fingerprint density at radius 1 is 1.29 bits per heavy atom. The van der Waals surface area contributed by atoms with Crippen molar-refractivity contribution < 1.29 is 9.90 Å². The average molecular weight is 282 g/mol. The Labute approximate surface area is 120 Å². The molecule has 106 valence electrons. The van der Waals surface area contributed by atoms with Crippen LogP contribution >= 0.6 is 0 Å². The Balaban J connectivity index is 1.90. The van der Waals surface area contributed by atoms with Crippen LogP contribution in [0.1, 0.15) is 15.9 Å². The second-order valence-corrected chi connectivity index (χ2v) is 4.84. The summed E-state index contributed by atoms with van der Waals surface area (Å²) in [7, 11) is 0. The van der Waals surface area contributed by atoms with Crippen LogP contribution in [-0.2, 0) is 0 Å². The topological polar surface area (TPSA) is 104 Å². The minimum Gasteiger partial charge on any atom is -0.507 e. The van der Waals surface area contributed by atoms with Gasteiger partial charge in [-0.25, -0.2) is 4.98 Å². The maximum atomic E-state index is 12.1. The summed E-state index contributed by atoms with van der Waals surface area (Å²) in [5.41, 5.74) is 8.81. The lowest BCUT2D eigenvalue weighted by atomic mass is 10.1. The number of aromatic nitrogens is 2. The summed E-state index contributed by atoms with van der Waals surface area (Å²) in [6.07, 6.45) is 0. The quantitative estimate of drug-likeness (QED) is 0.428. The number of benzene rings is 2. The van der Waals surface area contributed by atoms with Crippen molar-refractivity contribution in [3.05, 3.63) is 47.5 Å². The van der Waals surface area contributed by atoms with Gasteiger partial charge in [-0.1, -0.05) is 6.07 Å². The molecule has 3 aromatic rings. The van der Waals surface area contributed by atoms with Crippen LogP contribution in [0.4, 0.5) is 11.6 Å². The molecule has 21 heavy (non-hydrogen) atoms. The van der Waals surface area contributed by atoms with Crippen molar-refractivity contribution in [2.45, 2.75) is 6.92 Å². The van der Waals surface area contributed by atoms with Gasteiger partial charge in [-0.05, 0) is 42.8 Å². The van der Waals surface area contributed by atoms with Crippen molar-refractivity contribution in [1.82, 2.24) is 9.97 Å². The molecule has 0 radical (unpaired) electrons. The van der Waals surface area contributed by atoms with Gasteiger partial charge in [0.2, 0.25) is 5.95 Å². The molecule has 0 saturated carbocycles. The zero-order valence-corrected chi connectivity index (χ0v) is 11.3. The average Bonchev–Trinajstić information content (AvgIpc) is 2.82. The van der Waals surface area contributed by atoms with Crippen LogP contribution in [0.2, 0.25) is 0 Å². The number of nitrogens with two attached hydrogens (primary N) is 1. The van der Waals surface area contributed by atoms with Gasteiger partial charge < -0.3 is 15.8 Å². The van der Waals surface area contributed by atoms with E-state index in [1.807, 2.05) is 25.1 Å². The number of phenols is 1. The van der Waals surface area contributed by atoms with E-state index in [0.29, 0.717) is 11.6 Å². The zero-order chi connectivity index (χ0) is 15.0. The summed E-state index contributed by atoms with van der Waals surface area (Å²) < 4.78 is 0. The van der Waals surface area contributed by atoms with Crippen molar-refractivity contribution in [1.29, 1.82) is 0 Å².